The molecule has 8 atom stereocenters. The predicted octanol–water partition coefficient (Wildman–Crippen LogP) is 9.52. The third-order valence-corrected chi connectivity index (χ3v) is 12.2. The van der Waals surface area contributed by atoms with Crippen molar-refractivity contribution in [3.05, 3.63) is 35.5 Å². The van der Waals surface area contributed by atoms with Crippen molar-refractivity contribution in [2.75, 3.05) is 0 Å². The molecule has 3 saturated carbocycles. The molecule has 0 bridgehead atoms. The number of H-pyrrole nitrogens is 1. The molecular formula is C33H49N. The summed E-state index contributed by atoms with van der Waals surface area (Å²) < 4.78 is 0. The van der Waals surface area contributed by atoms with E-state index < -0.39 is 0 Å². The Bertz CT molecular complexity index is 1030. The molecular weight excluding hydrogens is 410 g/mol. The van der Waals surface area contributed by atoms with Gasteiger partial charge in [-0.15, -0.1) is 0 Å². The highest BCUT2D eigenvalue weighted by molar-refractivity contribution is 5.85. The lowest BCUT2D eigenvalue weighted by atomic mass is 9.44. The molecule has 34 heavy (non-hydrogen) atoms. The van der Waals surface area contributed by atoms with Crippen molar-refractivity contribution in [3.63, 3.8) is 0 Å². The van der Waals surface area contributed by atoms with Crippen LogP contribution >= 0.6 is 0 Å². The Hall–Kier alpha value is -1.24. The maximum atomic E-state index is 3.82. The summed E-state index contributed by atoms with van der Waals surface area (Å²) in [6.07, 6.45) is 15.9. The number of aromatic amines is 1. The van der Waals surface area contributed by atoms with Crippen LogP contribution in [0.1, 0.15) is 116 Å². The summed E-state index contributed by atoms with van der Waals surface area (Å²) in [5.74, 6) is 6.44. The van der Waals surface area contributed by atoms with E-state index in [4.69, 9.17) is 0 Å². The van der Waals surface area contributed by atoms with Crippen LogP contribution in [0.15, 0.2) is 24.3 Å². The van der Waals surface area contributed by atoms with E-state index in [0.717, 1.165) is 41.4 Å². The maximum Gasteiger partial charge on any atom is 0.0459 e. The number of hydrogen-bond donors (Lipinski definition) is 1. The highest BCUT2D eigenvalue weighted by atomic mass is 14.8. The lowest BCUT2D eigenvalue weighted by Crippen LogP contribution is -2.52. The largest absolute Gasteiger partial charge is 0.358 e. The Morgan fingerprint density at radius 2 is 1.68 bits per heavy atom. The van der Waals surface area contributed by atoms with Gasteiger partial charge in [-0.3, -0.25) is 0 Å². The van der Waals surface area contributed by atoms with Gasteiger partial charge < -0.3 is 4.98 Å². The number of aryl methyl sites for hydroxylation is 1. The van der Waals surface area contributed by atoms with Gasteiger partial charge in [0, 0.05) is 16.6 Å². The molecule has 0 radical (unpaired) electrons. The molecule has 1 aromatic carbocycles. The molecule has 0 amide bonds. The zero-order valence-corrected chi connectivity index (χ0v) is 22.6. The lowest BCUT2D eigenvalue weighted by Gasteiger charge is -2.60. The van der Waals surface area contributed by atoms with E-state index in [2.05, 4.69) is 63.9 Å². The smallest absolute Gasteiger partial charge is 0.0459 e. The first-order chi connectivity index (χ1) is 16.3. The number of fused-ring (bicyclic) bond motifs is 9. The third kappa shape index (κ3) is 3.38. The quantitative estimate of drug-likeness (QED) is 0.458. The van der Waals surface area contributed by atoms with Crippen molar-refractivity contribution < 1.29 is 0 Å². The van der Waals surface area contributed by atoms with E-state index in [1.54, 1.807) is 11.3 Å². The minimum absolute atomic E-state index is 0.503. The van der Waals surface area contributed by atoms with Crippen molar-refractivity contribution in [3.8, 4) is 0 Å². The number of benzene rings is 1. The van der Waals surface area contributed by atoms with Gasteiger partial charge in [0.05, 0.1) is 0 Å². The lowest BCUT2D eigenvalue weighted by molar-refractivity contribution is -0.0895. The van der Waals surface area contributed by atoms with Crippen LogP contribution in [0.2, 0.25) is 0 Å². The molecule has 1 heteroatoms. The fourth-order valence-corrected chi connectivity index (χ4v) is 10.5. The van der Waals surface area contributed by atoms with E-state index in [1.165, 1.54) is 81.5 Å². The van der Waals surface area contributed by atoms with E-state index in [0.29, 0.717) is 10.8 Å². The normalized spacial score (nSPS) is 40.0. The summed E-state index contributed by atoms with van der Waals surface area (Å²) in [6, 6.07) is 9.14. The van der Waals surface area contributed by atoms with E-state index in [-0.39, 0.29) is 0 Å². The van der Waals surface area contributed by atoms with Crippen molar-refractivity contribution in [1.29, 1.82) is 0 Å². The summed E-state index contributed by atoms with van der Waals surface area (Å²) in [6.45, 7) is 12.9. The average molecular weight is 460 g/mol. The van der Waals surface area contributed by atoms with Crippen LogP contribution in [0, 0.1) is 46.3 Å². The fraction of sp³-hybridized carbons (Fsp3) is 0.758. The molecule has 4 aliphatic carbocycles. The highest BCUT2D eigenvalue weighted by Gasteiger charge is 2.60. The number of aromatic nitrogens is 1. The summed E-state index contributed by atoms with van der Waals surface area (Å²) in [5.41, 5.74) is 5.78. The maximum absolute atomic E-state index is 3.82. The molecule has 4 aliphatic rings. The summed E-state index contributed by atoms with van der Waals surface area (Å²) in [7, 11) is 0. The summed E-state index contributed by atoms with van der Waals surface area (Å²) in [5, 5.41) is 1.53. The zero-order valence-electron chi connectivity index (χ0n) is 22.6. The first kappa shape index (κ1) is 23.2. The van der Waals surface area contributed by atoms with Gasteiger partial charge in [-0.2, -0.15) is 0 Å². The first-order valence-corrected chi connectivity index (χ1v) is 14.9. The molecule has 1 N–H and O–H groups in total. The van der Waals surface area contributed by atoms with E-state index in [9.17, 15) is 0 Å². The molecule has 6 rings (SSSR count). The van der Waals surface area contributed by atoms with Gasteiger partial charge in [0.25, 0.3) is 0 Å². The van der Waals surface area contributed by atoms with Crippen molar-refractivity contribution >= 4 is 10.9 Å². The van der Waals surface area contributed by atoms with Crippen molar-refractivity contribution in [2.24, 2.45) is 46.3 Å². The van der Waals surface area contributed by atoms with Crippen LogP contribution in [-0.2, 0) is 6.42 Å². The second-order valence-electron chi connectivity index (χ2n) is 14.1. The van der Waals surface area contributed by atoms with E-state index in [1.807, 2.05) is 0 Å². The van der Waals surface area contributed by atoms with Crippen molar-refractivity contribution in [2.45, 2.75) is 111 Å². The van der Waals surface area contributed by atoms with Gasteiger partial charge in [0.1, 0.15) is 0 Å². The molecule has 0 unspecified atom stereocenters. The Labute approximate surface area is 208 Å². The molecule has 1 aromatic heterocycles. The Balaban J connectivity index is 1.24. The average Bonchev–Trinajstić information content (AvgIpc) is 3.36. The van der Waals surface area contributed by atoms with Crippen LogP contribution in [-0.4, -0.2) is 4.98 Å². The van der Waals surface area contributed by atoms with E-state index >= 15 is 0 Å². The van der Waals surface area contributed by atoms with Gasteiger partial charge in [-0.25, -0.2) is 0 Å². The monoisotopic (exact) mass is 459 g/mol. The highest BCUT2D eigenvalue weighted by Crippen LogP contribution is 2.69. The second-order valence-corrected chi connectivity index (χ2v) is 14.1. The topological polar surface area (TPSA) is 15.8 Å². The summed E-state index contributed by atoms with van der Waals surface area (Å²) in [4.78, 5) is 3.82. The van der Waals surface area contributed by atoms with Crippen LogP contribution in [0.25, 0.3) is 10.9 Å². The zero-order chi connectivity index (χ0) is 23.7. The third-order valence-electron chi connectivity index (χ3n) is 12.2. The SMILES string of the molecule is CC(C)CCC[C@@H](C)[C@H]1CC[C@H]2[C@@H]3CC[C@H]4c5c([nH]c6ccccc56)CC[C@]4(C)[C@H]3CC[C@]12C. The molecule has 0 aliphatic heterocycles. The Kier molecular flexibility index (Phi) is 5.74. The number of hydrogen-bond acceptors (Lipinski definition) is 0. The van der Waals surface area contributed by atoms with Gasteiger partial charge in [-0.05, 0) is 115 Å². The number of nitrogens with one attached hydrogen (secondary N) is 1. The molecule has 1 heterocycles. The molecule has 1 nitrogen and oxygen atoms in total. The molecule has 0 spiro atoms. The van der Waals surface area contributed by atoms with Crippen LogP contribution in [0.5, 0.6) is 0 Å². The standard InChI is InChI=1S/C33H49N/c1-21(2)9-8-10-22(3)25-15-16-26-23-13-14-28-31-24-11-6-7-12-29(24)34-30(31)18-20-33(28,5)27(23)17-19-32(25,26)4/h6-7,11-12,21-23,25-28,34H,8-10,13-20H2,1-5H3/t22-,23+,25-,26+,27+,28+,32-,33-/m1/s1. The van der Waals surface area contributed by atoms with Gasteiger partial charge in [0.2, 0.25) is 0 Å². The minimum Gasteiger partial charge on any atom is -0.358 e. The number of para-hydroxylation sites is 1. The van der Waals surface area contributed by atoms with Crippen molar-refractivity contribution in [1.82, 2.24) is 4.98 Å². The molecule has 3 fully saturated rings. The molecule has 2 aromatic rings. The van der Waals surface area contributed by atoms with Gasteiger partial charge in [-0.1, -0.05) is 72.1 Å². The minimum atomic E-state index is 0.503. The molecule has 186 valence electrons. The van der Waals surface area contributed by atoms with Gasteiger partial charge in [0.15, 0.2) is 0 Å². The van der Waals surface area contributed by atoms with Crippen LogP contribution in [0.3, 0.4) is 0 Å². The Morgan fingerprint density at radius 1 is 0.882 bits per heavy atom. The van der Waals surface area contributed by atoms with Gasteiger partial charge >= 0.3 is 0 Å². The predicted molar refractivity (Wildman–Crippen MR) is 145 cm³/mol. The van der Waals surface area contributed by atoms with Crippen LogP contribution in [0.4, 0.5) is 0 Å². The fourth-order valence-electron chi connectivity index (χ4n) is 10.5. The second kappa shape index (κ2) is 8.41. The summed E-state index contributed by atoms with van der Waals surface area (Å²) >= 11 is 0. The first-order valence-electron chi connectivity index (χ1n) is 14.9. The van der Waals surface area contributed by atoms with Crippen LogP contribution < -0.4 is 0 Å². The molecule has 0 saturated heterocycles. The Morgan fingerprint density at radius 3 is 2.50 bits per heavy atom. The number of rotatable bonds is 5.